The molecule has 0 saturated heterocycles. The van der Waals surface area contributed by atoms with Gasteiger partial charge in [0.1, 0.15) is 11.6 Å². The van der Waals surface area contributed by atoms with E-state index in [0.29, 0.717) is 42.5 Å². The Morgan fingerprint density at radius 2 is 2.12 bits per heavy atom. The summed E-state index contributed by atoms with van der Waals surface area (Å²) in [4.78, 5) is 21.8. The predicted octanol–water partition coefficient (Wildman–Crippen LogP) is 3.46. The normalized spacial score (nSPS) is 14.9. The number of hydrogen-bond acceptors (Lipinski definition) is 4. The first-order valence-electron chi connectivity index (χ1n) is 7.86. The van der Waals surface area contributed by atoms with Gasteiger partial charge in [-0.1, -0.05) is 37.0 Å². The summed E-state index contributed by atoms with van der Waals surface area (Å²) in [5.41, 5.74) is 2.19. The Hall–Kier alpha value is -1.56. The van der Waals surface area contributed by atoms with Crippen LogP contribution in [0.25, 0.3) is 0 Å². The van der Waals surface area contributed by atoms with E-state index >= 15 is 0 Å². The summed E-state index contributed by atoms with van der Waals surface area (Å²) in [5.74, 6) is 0.914. The van der Waals surface area contributed by atoms with E-state index in [1.165, 1.54) is 6.07 Å². The molecule has 128 valence electrons. The summed E-state index contributed by atoms with van der Waals surface area (Å²) in [5, 5.41) is 10.9. The second kappa shape index (κ2) is 6.75. The molecule has 24 heavy (non-hydrogen) atoms. The van der Waals surface area contributed by atoms with Crippen LogP contribution in [-0.4, -0.2) is 26.5 Å². The molecule has 0 radical (unpaired) electrons. The number of phenols is 1. The Balaban J connectivity index is 1.86. The molecule has 0 amide bonds. The molecule has 1 aliphatic rings. The zero-order chi connectivity index (χ0) is 17.4. The van der Waals surface area contributed by atoms with E-state index < -0.39 is 0 Å². The smallest absolute Gasteiger partial charge is 0.254 e. The van der Waals surface area contributed by atoms with Gasteiger partial charge in [0.05, 0.1) is 10.7 Å². The van der Waals surface area contributed by atoms with Crippen LogP contribution in [0.5, 0.6) is 5.75 Å². The van der Waals surface area contributed by atoms with Crippen LogP contribution < -0.4 is 5.56 Å². The molecule has 2 heterocycles. The average molecular weight is 368 g/mol. The quantitative estimate of drug-likeness (QED) is 0.871. The number of aromatic nitrogens is 2. The number of benzene rings is 1. The number of halogens is 2. The number of rotatable bonds is 3. The lowest BCUT2D eigenvalue weighted by molar-refractivity contribution is 0.237. The van der Waals surface area contributed by atoms with Gasteiger partial charge in [-0.2, -0.15) is 0 Å². The molecule has 2 aromatic rings. The molecule has 0 bridgehead atoms. The number of nitrogens with one attached hydrogen (secondary N) is 1. The van der Waals surface area contributed by atoms with Gasteiger partial charge in [0, 0.05) is 41.7 Å². The molecular weight excluding hydrogens is 349 g/mol. The molecular formula is C17H19Cl2N3O2. The zero-order valence-electron chi connectivity index (χ0n) is 13.6. The summed E-state index contributed by atoms with van der Waals surface area (Å²) in [6.07, 6.45) is 0.630. The zero-order valence-corrected chi connectivity index (χ0v) is 15.1. The molecule has 0 fully saturated rings. The summed E-state index contributed by atoms with van der Waals surface area (Å²) in [6.45, 7) is 5.76. The first kappa shape index (κ1) is 17.3. The summed E-state index contributed by atoms with van der Waals surface area (Å²) in [7, 11) is 0. The van der Waals surface area contributed by atoms with Crippen molar-refractivity contribution in [3.8, 4) is 5.75 Å². The first-order valence-corrected chi connectivity index (χ1v) is 8.62. The van der Waals surface area contributed by atoms with Crippen molar-refractivity contribution < 1.29 is 5.11 Å². The average Bonchev–Trinajstić information content (AvgIpc) is 2.51. The molecule has 1 aromatic heterocycles. The van der Waals surface area contributed by atoms with Crippen molar-refractivity contribution in [3.63, 3.8) is 0 Å². The van der Waals surface area contributed by atoms with Crippen molar-refractivity contribution in [1.29, 1.82) is 0 Å². The Morgan fingerprint density at radius 3 is 2.83 bits per heavy atom. The van der Waals surface area contributed by atoms with Gasteiger partial charge in [0.25, 0.3) is 5.56 Å². The van der Waals surface area contributed by atoms with Gasteiger partial charge in [-0.25, -0.2) is 4.98 Å². The molecule has 1 aliphatic heterocycles. The van der Waals surface area contributed by atoms with Gasteiger partial charge in [0.15, 0.2) is 0 Å². The van der Waals surface area contributed by atoms with Crippen LogP contribution in [0.4, 0.5) is 0 Å². The van der Waals surface area contributed by atoms with E-state index in [2.05, 4.69) is 14.9 Å². The van der Waals surface area contributed by atoms with Crippen molar-refractivity contribution in [1.82, 2.24) is 14.9 Å². The van der Waals surface area contributed by atoms with Gasteiger partial charge in [-0.05, 0) is 18.6 Å². The minimum absolute atomic E-state index is 0.0444. The summed E-state index contributed by atoms with van der Waals surface area (Å²) < 4.78 is 0. The predicted molar refractivity (Wildman–Crippen MR) is 94.9 cm³/mol. The maximum atomic E-state index is 12.2. The minimum atomic E-state index is -0.0444. The molecule has 2 N–H and O–H groups in total. The number of fused-ring (bicyclic) bond motifs is 1. The van der Waals surface area contributed by atoms with E-state index in [-0.39, 0.29) is 22.2 Å². The van der Waals surface area contributed by atoms with E-state index in [9.17, 15) is 9.90 Å². The third-order valence-corrected chi connectivity index (χ3v) is 4.73. The lowest BCUT2D eigenvalue weighted by atomic mass is 10.0. The van der Waals surface area contributed by atoms with Gasteiger partial charge in [-0.15, -0.1) is 0 Å². The lowest BCUT2D eigenvalue weighted by Crippen LogP contribution is -2.35. The SMILES string of the molecule is CC(C)c1nc2c(c(=O)[nH]1)CCN(Cc1cc(Cl)cc(Cl)c1O)C2. The molecule has 0 aliphatic carbocycles. The Morgan fingerprint density at radius 1 is 1.38 bits per heavy atom. The fourth-order valence-corrected chi connectivity index (χ4v) is 3.44. The van der Waals surface area contributed by atoms with Crippen LogP contribution in [0, 0.1) is 0 Å². The Bertz CT molecular complexity index is 833. The van der Waals surface area contributed by atoms with Gasteiger partial charge in [0.2, 0.25) is 0 Å². The lowest BCUT2D eigenvalue weighted by Gasteiger charge is -2.28. The van der Waals surface area contributed by atoms with E-state index in [1.807, 2.05) is 13.8 Å². The van der Waals surface area contributed by atoms with Crippen molar-refractivity contribution in [2.24, 2.45) is 0 Å². The molecule has 3 rings (SSSR count). The van der Waals surface area contributed by atoms with Crippen LogP contribution in [0.15, 0.2) is 16.9 Å². The van der Waals surface area contributed by atoms with Gasteiger partial charge < -0.3 is 10.1 Å². The summed E-state index contributed by atoms with van der Waals surface area (Å²) >= 11 is 12.0. The molecule has 0 saturated carbocycles. The van der Waals surface area contributed by atoms with Crippen LogP contribution in [0.2, 0.25) is 10.0 Å². The van der Waals surface area contributed by atoms with Crippen LogP contribution in [0.1, 0.15) is 42.4 Å². The van der Waals surface area contributed by atoms with Crippen molar-refractivity contribution in [2.45, 2.75) is 39.3 Å². The largest absolute Gasteiger partial charge is 0.506 e. The van der Waals surface area contributed by atoms with Crippen molar-refractivity contribution in [3.05, 3.63) is 55.2 Å². The number of aromatic hydroxyl groups is 1. The fourth-order valence-electron chi connectivity index (χ4n) is 2.90. The van der Waals surface area contributed by atoms with Crippen molar-refractivity contribution in [2.75, 3.05) is 6.54 Å². The van der Waals surface area contributed by atoms with Crippen LogP contribution in [-0.2, 0) is 19.5 Å². The maximum absolute atomic E-state index is 12.2. The van der Waals surface area contributed by atoms with E-state index in [1.54, 1.807) is 6.07 Å². The monoisotopic (exact) mass is 367 g/mol. The summed E-state index contributed by atoms with van der Waals surface area (Å²) in [6, 6.07) is 3.23. The third kappa shape index (κ3) is 3.43. The molecule has 7 heteroatoms. The Labute approximate surface area is 150 Å². The second-order valence-electron chi connectivity index (χ2n) is 6.39. The number of aromatic amines is 1. The van der Waals surface area contributed by atoms with Crippen LogP contribution >= 0.6 is 23.2 Å². The van der Waals surface area contributed by atoms with Crippen LogP contribution in [0.3, 0.4) is 0 Å². The second-order valence-corrected chi connectivity index (χ2v) is 7.23. The highest BCUT2D eigenvalue weighted by molar-refractivity contribution is 6.35. The van der Waals surface area contributed by atoms with Gasteiger partial charge >= 0.3 is 0 Å². The molecule has 0 spiro atoms. The highest BCUT2D eigenvalue weighted by atomic mass is 35.5. The highest BCUT2D eigenvalue weighted by Crippen LogP contribution is 2.32. The van der Waals surface area contributed by atoms with Crippen molar-refractivity contribution >= 4 is 23.2 Å². The maximum Gasteiger partial charge on any atom is 0.254 e. The highest BCUT2D eigenvalue weighted by Gasteiger charge is 2.23. The molecule has 0 unspecified atom stereocenters. The molecule has 5 nitrogen and oxygen atoms in total. The van der Waals surface area contributed by atoms with Gasteiger partial charge in [-0.3, -0.25) is 9.69 Å². The number of H-pyrrole nitrogens is 1. The third-order valence-electron chi connectivity index (χ3n) is 4.22. The molecule has 0 atom stereocenters. The minimum Gasteiger partial charge on any atom is -0.506 e. The fraction of sp³-hybridized carbons (Fsp3) is 0.412. The topological polar surface area (TPSA) is 69.2 Å². The van der Waals surface area contributed by atoms with E-state index in [4.69, 9.17) is 23.2 Å². The number of nitrogens with zero attached hydrogens (tertiary/aromatic N) is 2. The molecule has 1 aromatic carbocycles. The Kier molecular flexibility index (Phi) is 4.85. The number of hydrogen-bond donors (Lipinski definition) is 2. The number of phenolic OH excluding ortho intramolecular Hbond substituents is 1. The first-order chi connectivity index (χ1) is 11.3. The standard InChI is InChI=1S/C17H19Cl2N3O2/c1-9(2)16-20-14-8-22(4-3-12(14)17(24)21-16)7-10-5-11(18)6-13(19)15(10)23/h5-6,9,23H,3-4,7-8H2,1-2H3,(H,20,21,24). The van der Waals surface area contributed by atoms with E-state index in [0.717, 1.165) is 11.3 Å².